The summed E-state index contributed by atoms with van der Waals surface area (Å²) in [4.78, 5) is 27.1. The van der Waals surface area contributed by atoms with Crippen molar-refractivity contribution in [1.82, 2.24) is 9.97 Å². The number of hydrogen-bond donors (Lipinski definition) is 1. The fourth-order valence-corrected chi connectivity index (χ4v) is 0.586. The fraction of sp³-hybridized carbons (Fsp3) is 0. The van der Waals surface area contributed by atoms with Crippen LogP contribution in [0.3, 0.4) is 0 Å². The molecule has 0 aliphatic heterocycles. The Bertz CT molecular complexity index is 312. The van der Waals surface area contributed by atoms with Crippen LogP contribution in [0.2, 0.25) is 0 Å². The normalized spacial score (nSPS) is 8.62. The third-order valence-electron chi connectivity index (χ3n) is 1.10. The molecule has 0 radical (unpaired) electrons. The van der Waals surface area contributed by atoms with Crippen molar-refractivity contribution in [2.24, 2.45) is 0 Å². The number of nitrogens with zero attached hydrogens (tertiary/aromatic N) is 2. The molecule has 1 N–H and O–H groups in total. The number of carboxylic acid groups (broad SMARTS) is 2. The third kappa shape index (κ3) is 3.49. The summed E-state index contributed by atoms with van der Waals surface area (Å²) < 4.78 is 0. The maximum atomic E-state index is 10.3. The van der Waals surface area contributed by atoms with Crippen LogP contribution in [0.1, 0.15) is 21.0 Å². The van der Waals surface area contributed by atoms with Crippen molar-refractivity contribution in [2.75, 3.05) is 0 Å². The Kier molecular flexibility index (Phi) is 5.26. The second-order valence-electron chi connectivity index (χ2n) is 1.88. The van der Waals surface area contributed by atoms with Gasteiger partial charge in [-0.2, -0.15) is 0 Å². The zero-order valence-corrected chi connectivity index (χ0v) is 9.84. The molecular weight excluding hydrogens is 203 g/mol. The van der Waals surface area contributed by atoms with E-state index in [9.17, 15) is 14.7 Å². The van der Waals surface area contributed by atoms with E-state index in [4.69, 9.17) is 5.11 Å². The molecule has 0 aromatic carbocycles. The molecule has 1 aromatic heterocycles. The van der Waals surface area contributed by atoms with Crippen molar-refractivity contribution >= 4 is 11.9 Å². The molecule has 6 nitrogen and oxygen atoms in total. The average molecular weight is 206 g/mol. The van der Waals surface area contributed by atoms with Gasteiger partial charge in [0.25, 0.3) is 0 Å². The van der Waals surface area contributed by atoms with Crippen molar-refractivity contribution in [3.05, 3.63) is 23.8 Å². The van der Waals surface area contributed by atoms with E-state index in [1.165, 1.54) is 0 Å². The third-order valence-corrected chi connectivity index (χ3v) is 1.10. The molecule has 0 fully saturated rings. The first-order valence-electron chi connectivity index (χ1n) is 2.88. The van der Waals surface area contributed by atoms with E-state index in [1.807, 2.05) is 0 Å². The Morgan fingerprint density at radius 2 is 1.85 bits per heavy atom. The van der Waals surface area contributed by atoms with E-state index in [-0.39, 0.29) is 57.1 Å². The smallest absolute Gasteiger partial charge is 0.543 e. The second-order valence-corrected chi connectivity index (χ2v) is 1.88. The van der Waals surface area contributed by atoms with Crippen molar-refractivity contribution in [3.8, 4) is 0 Å². The quantitative estimate of drug-likeness (QED) is 0.489. The van der Waals surface area contributed by atoms with E-state index >= 15 is 0 Å². The Hall–Kier alpha value is -0.344. The monoisotopic (exact) mass is 206 g/mol. The molecule has 1 aromatic rings. The summed E-state index contributed by atoms with van der Waals surface area (Å²) in [6, 6.07) is 0.831. The standard InChI is InChI=1S/C6H4N2O4.K/c9-5(10)3-1-4(6(11)12)8-2-7-3;/h1-2H,(H,9,10)(H,11,12);/q;+1/p-1. The SMILES string of the molecule is O=C([O-])c1cc(C(=O)O)ncn1.[K+]. The Morgan fingerprint density at radius 3 is 2.31 bits per heavy atom. The number of hydrogen-bond acceptors (Lipinski definition) is 5. The van der Waals surface area contributed by atoms with Gasteiger partial charge in [0, 0.05) is 0 Å². The number of aromatic carboxylic acids is 2. The van der Waals surface area contributed by atoms with Gasteiger partial charge < -0.3 is 15.0 Å². The van der Waals surface area contributed by atoms with Gasteiger partial charge in [0.05, 0.1) is 11.7 Å². The van der Waals surface area contributed by atoms with Gasteiger partial charge in [0.2, 0.25) is 0 Å². The summed E-state index contributed by atoms with van der Waals surface area (Å²) in [5.74, 6) is -2.83. The fourth-order valence-electron chi connectivity index (χ4n) is 0.586. The van der Waals surface area contributed by atoms with Gasteiger partial charge in [-0.25, -0.2) is 14.8 Å². The molecule has 0 spiro atoms. The molecule has 13 heavy (non-hydrogen) atoms. The maximum absolute atomic E-state index is 10.3. The van der Waals surface area contributed by atoms with Crippen LogP contribution in [0.5, 0.6) is 0 Å². The number of aromatic nitrogens is 2. The molecule has 0 unspecified atom stereocenters. The van der Waals surface area contributed by atoms with Crippen LogP contribution >= 0.6 is 0 Å². The van der Waals surface area contributed by atoms with Crippen molar-refractivity contribution in [3.63, 3.8) is 0 Å². The minimum absolute atomic E-state index is 0. The zero-order valence-electron chi connectivity index (χ0n) is 6.72. The van der Waals surface area contributed by atoms with Crippen LogP contribution in [0, 0.1) is 0 Å². The number of carbonyl (C=O) groups excluding carboxylic acids is 1. The Morgan fingerprint density at radius 1 is 1.31 bits per heavy atom. The van der Waals surface area contributed by atoms with Gasteiger partial charge in [-0.3, -0.25) is 0 Å². The van der Waals surface area contributed by atoms with E-state index in [2.05, 4.69) is 9.97 Å². The summed E-state index contributed by atoms with van der Waals surface area (Å²) in [6.45, 7) is 0. The largest absolute Gasteiger partial charge is 1.00 e. The minimum Gasteiger partial charge on any atom is -0.543 e. The average Bonchev–Trinajstić information content (AvgIpc) is 2.04. The molecule has 0 aliphatic rings. The van der Waals surface area contributed by atoms with Crippen LogP contribution in [0.15, 0.2) is 12.4 Å². The van der Waals surface area contributed by atoms with Gasteiger partial charge in [-0.05, 0) is 6.07 Å². The molecule has 7 heteroatoms. The van der Waals surface area contributed by atoms with Crippen molar-refractivity contribution in [2.45, 2.75) is 0 Å². The van der Waals surface area contributed by atoms with Gasteiger partial charge in [0.1, 0.15) is 6.33 Å². The summed E-state index contributed by atoms with van der Waals surface area (Å²) >= 11 is 0. The van der Waals surface area contributed by atoms with Gasteiger partial charge in [-0.15, -0.1) is 0 Å². The molecule has 0 saturated heterocycles. The van der Waals surface area contributed by atoms with Gasteiger partial charge in [0.15, 0.2) is 5.69 Å². The Labute approximate surface area is 115 Å². The van der Waals surface area contributed by atoms with Crippen LogP contribution in [0.25, 0.3) is 0 Å². The van der Waals surface area contributed by atoms with Gasteiger partial charge in [-0.1, -0.05) is 0 Å². The van der Waals surface area contributed by atoms with E-state index in [0.717, 1.165) is 12.4 Å². The topological polar surface area (TPSA) is 103 Å². The van der Waals surface area contributed by atoms with E-state index < -0.39 is 17.6 Å². The first kappa shape index (κ1) is 12.7. The van der Waals surface area contributed by atoms with Gasteiger partial charge >= 0.3 is 57.4 Å². The molecule has 1 heterocycles. The first-order valence-corrected chi connectivity index (χ1v) is 2.88. The predicted octanol–water partition coefficient (Wildman–Crippen LogP) is -4.46. The predicted molar refractivity (Wildman–Crippen MR) is 33.3 cm³/mol. The molecule has 62 valence electrons. The maximum Gasteiger partial charge on any atom is 1.00 e. The second kappa shape index (κ2) is 5.40. The molecule has 0 atom stereocenters. The first-order chi connectivity index (χ1) is 5.61. The number of carboxylic acids is 2. The zero-order chi connectivity index (χ0) is 9.14. The van der Waals surface area contributed by atoms with E-state index in [1.54, 1.807) is 0 Å². The van der Waals surface area contributed by atoms with Crippen LogP contribution in [-0.4, -0.2) is 27.0 Å². The summed E-state index contributed by atoms with van der Waals surface area (Å²) in [6.07, 6.45) is 0.856. The molecule has 1 rings (SSSR count). The molecular formula is C6H3KN2O4. The molecule has 0 aliphatic carbocycles. The molecule has 0 amide bonds. The van der Waals surface area contributed by atoms with Crippen molar-refractivity contribution < 1.29 is 71.2 Å². The molecule has 0 bridgehead atoms. The summed E-state index contributed by atoms with van der Waals surface area (Å²) in [5, 5.41) is 18.6. The van der Waals surface area contributed by atoms with Crippen LogP contribution < -0.4 is 56.5 Å². The summed E-state index contributed by atoms with van der Waals surface area (Å²) in [5.41, 5.74) is -0.813. The van der Waals surface area contributed by atoms with Crippen molar-refractivity contribution in [1.29, 1.82) is 0 Å². The number of rotatable bonds is 2. The minimum atomic E-state index is -1.53. The van der Waals surface area contributed by atoms with Crippen LogP contribution in [-0.2, 0) is 0 Å². The Balaban J connectivity index is 0.00000144. The summed E-state index contributed by atoms with van der Waals surface area (Å²) in [7, 11) is 0. The van der Waals surface area contributed by atoms with Crippen LogP contribution in [0.4, 0.5) is 0 Å². The van der Waals surface area contributed by atoms with E-state index in [0.29, 0.717) is 0 Å². The molecule has 0 saturated carbocycles. The number of carbonyl (C=O) groups is 2.